The van der Waals surface area contributed by atoms with Crippen LogP contribution in [0.2, 0.25) is 0 Å². The molecule has 190 valence electrons. The number of amides is 1. The van der Waals surface area contributed by atoms with E-state index in [0.29, 0.717) is 43.3 Å². The van der Waals surface area contributed by atoms with Crippen LogP contribution in [-0.2, 0) is 9.53 Å². The van der Waals surface area contributed by atoms with Gasteiger partial charge in [0.05, 0.1) is 19.2 Å². The fourth-order valence-corrected chi connectivity index (χ4v) is 6.12. The van der Waals surface area contributed by atoms with Crippen LogP contribution in [0, 0.1) is 23.2 Å². The Balaban J connectivity index is 1.42. The van der Waals surface area contributed by atoms with Gasteiger partial charge in [0.1, 0.15) is 5.84 Å². The molecule has 0 aromatic carbocycles. The number of carbonyl (C=O) groups excluding carboxylic acids is 1. The van der Waals surface area contributed by atoms with Gasteiger partial charge in [0.15, 0.2) is 0 Å². The van der Waals surface area contributed by atoms with Gasteiger partial charge in [-0.1, -0.05) is 19.4 Å². The van der Waals surface area contributed by atoms with Crippen LogP contribution in [0.1, 0.15) is 46.0 Å². The highest BCUT2D eigenvalue weighted by molar-refractivity contribution is 5.99. The summed E-state index contributed by atoms with van der Waals surface area (Å²) < 4.78 is 5.59. The number of hydrogen-bond donors (Lipinski definition) is 2. The molecule has 1 aliphatic carbocycles. The van der Waals surface area contributed by atoms with Gasteiger partial charge in [-0.2, -0.15) is 5.10 Å². The van der Waals surface area contributed by atoms with Gasteiger partial charge in [0.2, 0.25) is 5.91 Å². The zero-order valence-corrected chi connectivity index (χ0v) is 21.4. The molecule has 5 rings (SSSR count). The Hall–Kier alpha value is -2.61. The van der Waals surface area contributed by atoms with Gasteiger partial charge in [0, 0.05) is 75.7 Å². The average Bonchev–Trinajstić information content (AvgIpc) is 3.54. The predicted molar refractivity (Wildman–Crippen MR) is 138 cm³/mol. The Morgan fingerprint density at radius 3 is 2.83 bits per heavy atom. The number of ether oxygens (including phenoxy) is 1. The van der Waals surface area contributed by atoms with Crippen LogP contribution < -0.4 is 5.32 Å². The second kappa shape index (κ2) is 10.2. The van der Waals surface area contributed by atoms with Crippen LogP contribution in [0.3, 0.4) is 0 Å². The number of hydrogen-bond acceptors (Lipinski definition) is 6. The van der Waals surface area contributed by atoms with Crippen LogP contribution in [0.25, 0.3) is 0 Å². The molecule has 8 heteroatoms. The standard InChI is InChI=1S/C27H40N6O2/c1-4-19-11-21-12-20(22-13-29-31(3)15-22)5-6-26(21)33(14-19)27(28)24-16-32(18(2)34)9-7-25(24)30-23-8-10-35-17-23/h5-6,13,19-20,22-23,28,30H,4,7-12,14-17H2,1-3H3/t19?,20?,22?,23-/m0/s1. The molecule has 8 nitrogen and oxygen atoms in total. The van der Waals surface area contributed by atoms with Crippen LogP contribution in [0.15, 0.2) is 39.8 Å². The molecule has 1 amide bonds. The molecule has 1 saturated heterocycles. The predicted octanol–water partition coefficient (Wildman–Crippen LogP) is 2.96. The van der Waals surface area contributed by atoms with Crippen molar-refractivity contribution in [2.24, 2.45) is 22.9 Å². The van der Waals surface area contributed by atoms with Crippen molar-refractivity contribution >= 4 is 18.0 Å². The summed E-state index contributed by atoms with van der Waals surface area (Å²) in [5, 5.41) is 19.6. The fraction of sp³-hybridized carbons (Fsp3) is 0.667. The molecule has 0 aromatic rings. The maximum Gasteiger partial charge on any atom is 0.219 e. The van der Waals surface area contributed by atoms with E-state index in [2.05, 4.69) is 40.6 Å². The minimum absolute atomic E-state index is 0.0760. The van der Waals surface area contributed by atoms with Gasteiger partial charge in [0.25, 0.3) is 0 Å². The SMILES string of the molecule is CCC1CC2=C(C=CC(C3C=NN(C)C3)C2)N(C(=N)C2=C(N[C@H]3CCOC3)CCN(C(C)=O)C2)C1. The quantitative estimate of drug-likeness (QED) is 0.467. The Kier molecular flexibility index (Phi) is 7.00. The Bertz CT molecular complexity index is 976. The fourth-order valence-electron chi connectivity index (χ4n) is 6.12. The van der Waals surface area contributed by atoms with E-state index in [1.165, 1.54) is 11.3 Å². The largest absolute Gasteiger partial charge is 0.383 e. The van der Waals surface area contributed by atoms with E-state index in [0.717, 1.165) is 63.1 Å². The number of hydrazone groups is 1. The molecule has 35 heavy (non-hydrogen) atoms. The van der Waals surface area contributed by atoms with Crippen molar-refractivity contribution in [3.05, 3.63) is 34.7 Å². The van der Waals surface area contributed by atoms with Crippen LogP contribution in [-0.4, -0.2) is 85.2 Å². The number of nitrogens with zero attached hydrogens (tertiary/aromatic N) is 4. The van der Waals surface area contributed by atoms with E-state index in [-0.39, 0.29) is 11.9 Å². The molecule has 0 saturated carbocycles. The summed E-state index contributed by atoms with van der Waals surface area (Å²) in [5.74, 6) is 2.08. The topological polar surface area (TPSA) is 84.3 Å². The highest BCUT2D eigenvalue weighted by Gasteiger charge is 2.36. The molecule has 3 unspecified atom stereocenters. The van der Waals surface area contributed by atoms with Crippen molar-refractivity contribution in [1.29, 1.82) is 5.41 Å². The summed E-state index contributed by atoms with van der Waals surface area (Å²) in [6.45, 7) is 8.42. The maximum absolute atomic E-state index is 12.3. The normalized spacial score (nSPS) is 30.9. The van der Waals surface area contributed by atoms with E-state index < -0.39 is 0 Å². The molecule has 4 heterocycles. The van der Waals surface area contributed by atoms with E-state index in [9.17, 15) is 10.2 Å². The molecule has 0 spiro atoms. The highest BCUT2D eigenvalue weighted by Crippen LogP contribution is 2.39. The van der Waals surface area contributed by atoms with Gasteiger partial charge in [-0.25, -0.2) is 0 Å². The third kappa shape index (κ3) is 5.03. The first-order chi connectivity index (χ1) is 16.9. The van der Waals surface area contributed by atoms with Gasteiger partial charge >= 0.3 is 0 Å². The summed E-state index contributed by atoms with van der Waals surface area (Å²) in [4.78, 5) is 16.4. The highest BCUT2D eigenvalue weighted by atomic mass is 16.5. The molecule has 4 aliphatic heterocycles. The maximum atomic E-state index is 12.3. The lowest BCUT2D eigenvalue weighted by Gasteiger charge is -2.42. The third-order valence-electron chi connectivity index (χ3n) is 8.32. The first-order valence-corrected chi connectivity index (χ1v) is 13.3. The van der Waals surface area contributed by atoms with Gasteiger partial charge < -0.3 is 19.9 Å². The minimum atomic E-state index is 0.0760. The van der Waals surface area contributed by atoms with Crippen LogP contribution in [0.4, 0.5) is 0 Å². The zero-order valence-electron chi connectivity index (χ0n) is 21.4. The van der Waals surface area contributed by atoms with Gasteiger partial charge in [-0.15, -0.1) is 0 Å². The van der Waals surface area contributed by atoms with Crippen molar-refractivity contribution in [3.63, 3.8) is 0 Å². The van der Waals surface area contributed by atoms with E-state index in [1.807, 2.05) is 17.0 Å². The molecular formula is C27H40N6O2. The van der Waals surface area contributed by atoms with Crippen LogP contribution in [0.5, 0.6) is 0 Å². The lowest BCUT2D eigenvalue weighted by Crippen LogP contribution is -2.47. The summed E-state index contributed by atoms with van der Waals surface area (Å²) >= 11 is 0. The van der Waals surface area contributed by atoms with Crippen molar-refractivity contribution in [2.45, 2.75) is 52.0 Å². The Labute approximate surface area is 209 Å². The Morgan fingerprint density at radius 1 is 1.29 bits per heavy atom. The lowest BCUT2D eigenvalue weighted by molar-refractivity contribution is -0.128. The van der Waals surface area contributed by atoms with Crippen molar-refractivity contribution in [3.8, 4) is 0 Å². The summed E-state index contributed by atoms with van der Waals surface area (Å²) in [5.41, 5.74) is 4.76. The van der Waals surface area contributed by atoms with E-state index in [4.69, 9.17) is 4.74 Å². The molecular weight excluding hydrogens is 440 g/mol. The molecule has 0 radical (unpaired) electrons. The summed E-state index contributed by atoms with van der Waals surface area (Å²) in [6, 6.07) is 0.290. The van der Waals surface area contributed by atoms with Gasteiger partial charge in [-0.3, -0.25) is 15.2 Å². The second-order valence-electron chi connectivity index (χ2n) is 10.8. The summed E-state index contributed by atoms with van der Waals surface area (Å²) in [7, 11) is 2.04. The molecule has 0 bridgehead atoms. The Morgan fingerprint density at radius 2 is 2.14 bits per heavy atom. The van der Waals surface area contributed by atoms with Crippen molar-refractivity contribution < 1.29 is 9.53 Å². The second-order valence-corrected chi connectivity index (χ2v) is 10.8. The minimum Gasteiger partial charge on any atom is -0.383 e. The van der Waals surface area contributed by atoms with E-state index in [1.54, 1.807) is 6.92 Å². The lowest BCUT2D eigenvalue weighted by atomic mass is 9.78. The van der Waals surface area contributed by atoms with Crippen LogP contribution >= 0.6 is 0 Å². The average molecular weight is 481 g/mol. The number of amidine groups is 1. The number of carbonyl (C=O) groups is 1. The number of nitrogens with one attached hydrogen (secondary N) is 2. The van der Waals surface area contributed by atoms with Gasteiger partial charge in [-0.05, 0) is 42.7 Å². The van der Waals surface area contributed by atoms with E-state index >= 15 is 0 Å². The monoisotopic (exact) mass is 480 g/mol. The number of allylic oxidation sites excluding steroid dienone is 3. The number of rotatable bonds is 5. The first-order valence-electron chi connectivity index (χ1n) is 13.3. The van der Waals surface area contributed by atoms with Crippen molar-refractivity contribution in [2.75, 3.05) is 46.4 Å². The molecule has 4 atom stereocenters. The molecule has 2 N–H and O–H groups in total. The molecule has 5 aliphatic rings. The smallest absolute Gasteiger partial charge is 0.219 e. The zero-order chi connectivity index (χ0) is 24.5. The first kappa shape index (κ1) is 24.1. The third-order valence-corrected chi connectivity index (χ3v) is 8.32. The van der Waals surface area contributed by atoms with Crippen molar-refractivity contribution in [1.82, 2.24) is 20.1 Å². The molecule has 1 fully saturated rings. The molecule has 0 aromatic heterocycles. The summed E-state index contributed by atoms with van der Waals surface area (Å²) in [6.07, 6.45) is 11.7.